The van der Waals surface area contributed by atoms with Gasteiger partial charge in [0.15, 0.2) is 0 Å². The maximum Gasteiger partial charge on any atom is -0.0207 e. The molecule has 2 aliphatic rings. The van der Waals surface area contributed by atoms with Gasteiger partial charge in [-0.05, 0) is 36.2 Å². The molecule has 0 N–H and O–H groups in total. The minimum absolute atomic E-state index is 0.402. The van der Waals surface area contributed by atoms with E-state index in [0.29, 0.717) is 7.92 Å². The molecule has 2 aliphatic heterocycles. The van der Waals surface area contributed by atoms with Crippen LogP contribution in [-0.2, 0) is 0 Å². The molecule has 0 aromatic heterocycles. The molecule has 0 amide bonds. The molecular weight excluding hydrogens is 175 g/mol. The van der Waals surface area contributed by atoms with Crippen molar-refractivity contribution in [2.75, 3.05) is 6.16 Å². The van der Waals surface area contributed by atoms with E-state index in [9.17, 15) is 0 Å². The summed E-state index contributed by atoms with van der Waals surface area (Å²) < 4.78 is 0. The first-order valence-corrected chi connectivity index (χ1v) is 7.69. The zero-order valence-corrected chi connectivity index (χ0v) is 10.0. The molecule has 2 saturated heterocycles. The van der Waals surface area contributed by atoms with Crippen LogP contribution in [0.15, 0.2) is 0 Å². The molecule has 0 aromatic carbocycles. The van der Waals surface area contributed by atoms with Crippen LogP contribution in [-0.4, -0.2) is 17.5 Å². The summed E-state index contributed by atoms with van der Waals surface area (Å²) in [6.45, 7) is 4.93. The van der Waals surface area contributed by atoms with Gasteiger partial charge in [-0.3, -0.25) is 0 Å². The van der Waals surface area contributed by atoms with Gasteiger partial charge in [0.05, 0.1) is 0 Å². The normalized spacial score (nSPS) is 40.4. The molecule has 2 heterocycles. The lowest BCUT2D eigenvalue weighted by molar-refractivity contribution is 0.430. The number of fused-ring (bicyclic) bond motifs is 3. The van der Waals surface area contributed by atoms with Gasteiger partial charge in [-0.25, -0.2) is 0 Å². The second-order valence-electron chi connectivity index (χ2n) is 5.17. The van der Waals surface area contributed by atoms with Gasteiger partial charge in [0.2, 0.25) is 0 Å². The lowest BCUT2D eigenvalue weighted by Crippen LogP contribution is -2.10. The summed E-state index contributed by atoms with van der Waals surface area (Å²) in [5.74, 6) is 1.13. The molecule has 13 heavy (non-hydrogen) atoms. The third-order valence-electron chi connectivity index (χ3n) is 3.90. The maximum absolute atomic E-state index is 2.46. The molecule has 0 aliphatic carbocycles. The molecule has 0 saturated carbocycles. The standard InChI is InChI=1S/C12H23P/c1-10(2)13-9-11-5-3-7-12(13)8-4-6-11/h10-12H,3-9H2,1-2H3. The topological polar surface area (TPSA) is 0 Å². The van der Waals surface area contributed by atoms with Crippen LogP contribution in [0.1, 0.15) is 52.4 Å². The van der Waals surface area contributed by atoms with Crippen LogP contribution in [0, 0.1) is 5.92 Å². The van der Waals surface area contributed by atoms with E-state index in [1.807, 2.05) is 0 Å². The van der Waals surface area contributed by atoms with Crippen LogP contribution in [0.2, 0.25) is 0 Å². The first kappa shape index (κ1) is 9.97. The van der Waals surface area contributed by atoms with Crippen molar-refractivity contribution in [2.45, 2.75) is 63.7 Å². The number of rotatable bonds is 1. The molecule has 0 aromatic rings. The molecule has 2 rings (SSSR count). The lowest BCUT2D eigenvalue weighted by atomic mass is 9.93. The van der Waals surface area contributed by atoms with Crippen molar-refractivity contribution < 1.29 is 0 Å². The van der Waals surface area contributed by atoms with Crippen molar-refractivity contribution >= 4 is 7.92 Å². The molecular formula is C12H23P. The smallest absolute Gasteiger partial charge is 0.0207 e. The number of hydrogen-bond donors (Lipinski definition) is 0. The fraction of sp³-hybridized carbons (Fsp3) is 1.00. The quantitative estimate of drug-likeness (QED) is 0.553. The van der Waals surface area contributed by atoms with Crippen molar-refractivity contribution in [1.29, 1.82) is 0 Å². The van der Waals surface area contributed by atoms with Crippen molar-refractivity contribution in [3.05, 3.63) is 0 Å². The average molecular weight is 198 g/mol. The minimum atomic E-state index is 0.402. The van der Waals surface area contributed by atoms with Gasteiger partial charge in [-0.2, -0.15) is 0 Å². The molecule has 0 spiro atoms. The van der Waals surface area contributed by atoms with Crippen molar-refractivity contribution in [3.8, 4) is 0 Å². The fourth-order valence-electron chi connectivity index (χ4n) is 3.17. The fourth-order valence-corrected chi connectivity index (χ4v) is 6.72. The van der Waals surface area contributed by atoms with Crippen molar-refractivity contribution in [1.82, 2.24) is 0 Å². The first-order valence-electron chi connectivity index (χ1n) is 6.03. The molecule has 2 bridgehead atoms. The van der Waals surface area contributed by atoms with Crippen LogP contribution in [0.4, 0.5) is 0 Å². The Hall–Kier alpha value is 0.430. The zero-order chi connectivity index (χ0) is 9.26. The van der Waals surface area contributed by atoms with E-state index < -0.39 is 0 Å². The van der Waals surface area contributed by atoms with Crippen molar-refractivity contribution in [2.24, 2.45) is 5.92 Å². The Kier molecular flexibility index (Phi) is 3.30. The van der Waals surface area contributed by atoms with Gasteiger partial charge in [-0.15, -0.1) is 7.92 Å². The highest BCUT2D eigenvalue weighted by atomic mass is 31.1. The van der Waals surface area contributed by atoms with E-state index in [2.05, 4.69) is 13.8 Å². The Morgan fingerprint density at radius 2 is 1.62 bits per heavy atom. The lowest BCUT2D eigenvalue weighted by Gasteiger charge is -2.28. The van der Waals surface area contributed by atoms with Crippen LogP contribution in [0.25, 0.3) is 0 Å². The summed E-state index contributed by atoms with van der Waals surface area (Å²) in [6.07, 6.45) is 11.0. The Morgan fingerprint density at radius 1 is 1.00 bits per heavy atom. The van der Waals surface area contributed by atoms with Crippen LogP contribution >= 0.6 is 7.92 Å². The largest absolute Gasteiger partial charge is 0.101 e. The monoisotopic (exact) mass is 198 g/mol. The Labute approximate surface area is 84.2 Å². The van der Waals surface area contributed by atoms with E-state index >= 15 is 0 Å². The summed E-state index contributed by atoms with van der Waals surface area (Å²) in [5, 5.41) is 0. The van der Waals surface area contributed by atoms with Crippen molar-refractivity contribution in [3.63, 3.8) is 0 Å². The SMILES string of the molecule is CC(C)P1CC2CCCC1CCC2. The summed E-state index contributed by atoms with van der Waals surface area (Å²) in [6, 6.07) is 0. The Balaban J connectivity index is 2.09. The van der Waals surface area contributed by atoms with Gasteiger partial charge in [-0.1, -0.05) is 39.5 Å². The maximum atomic E-state index is 2.46. The highest BCUT2D eigenvalue weighted by molar-refractivity contribution is 7.59. The van der Waals surface area contributed by atoms with Gasteiger partial charge >= 0.3 is 0 Å². The van der Waals surface area contributed by atoms with E-state index in [1.165, 1.54) is 0 Å². The molecule has 0 radical (unpaired) electrons. The van der Waals surface area contributed by atoms with Crippen LogP contribution < -0.4 is 0 Å². The second kappa shape index (κ2) is 4.30. The third kappa shape index (κ3) is 2.27. The minimum Gasteiger partial charge on any atom is -0.101 e. The van der Waals surface area contributed by atoms with Gasteiger partial charge in [0.25, 0.3) is 0 Å². The van der Waals surface area contributed by atoms with Gasteiger partial charge in [0, 0.05) is 0 Å². The van der Waals surface area contributed by atoms with E-state index in [4.69, 9.17) is 0 Å². The number of hydrogen-bond acceptors (Lipinski definition) is 0. The van der Waals surface area contributed by atoms with E-state index in [-0.39, 0.29) is 0 Å². The van der Waals surface area contributed by atoms with Crippen LogP contribution in [0.3, 0.4) is 0 Å². The summed E-state index contributed by atoms with van der Waals surface area (Å²) in [5.41, 5.74) is 2.15. The van der Waals surface area contributed by atoms with E-state index in [1.54, 1.807) is 44.7 Å². The Morgan fingerprint density at radius 3 is 2.15 bits per heavy atom. The highest BCUT2D eigenvalue weighted by Gasteiger charge is 2.31. The van der Waals surface area contributed by atoms with Gasteiger partial charge in [0.1, 0.15) is 0 Å². The zero-order valence-electron chi connectivity index (χ0n) is 9.13. The molecule has 1 unspecified atom stereocenters. The Bertz CT molecular complexity index is 155. The average Bonchev–Trinajstić information content (AvgIpc) is 2.32. The summed E-state index contributed by atoms with van der Waals surface area (Å²) in [4.78, 5) is 0. The molecule has 1 atom stereocenters. The first-order chi connectivity index (χ1) is 6.27. The van der Waals surface area contributed by atoms with Crippen LogP contribution in [0.5, 0.6) is 0 Å². The predicted molar refractivity (Wildman–Crippen MR) is 61.9 cm³/mol. The summed E-state index contributed by atoms with van der Waals surface area (Å²) >= 11 is 0. The molecule has 76 valence electrons. The second-order valence-corrected chi connectivity index (χ2v) is 8.33. The molecule has 2 fully saturated rings. The summed E-state index contributed by atoms with van der Waals surface area (Å²) in [7, 11) is 0.402. The highest BCUT2D eigenvalue weighted by Crippen LogP contribution is 2.56. The predicted octanol–water partition coefficient (Wildman–Crippen LogP) is 4.23. The molecule has 1 heteroatoms. The van der Waals surface area contributed by atoms with Gasteiger partial charge < -0.3 is 0 Å². The molecule has 0 nitrogen and oxygen atoms in total. The van der Waals surface area contributed by atoms with E-state index in [0.717, 1.165) is 17.2 Å². The third-order valence-corrected chi connectivity index (χ3v) is 7.62.